The van der Waals surface area contributed by atoms with Gasteiger partial charge in [0.05, 0.1) is 29.0 Å². The lowest BCUT2D eigenvalue weighted by atomic mass is 9.92. The molecule has 0 aliphatic carbocycles. The summed E-state index contributed by atoms with van der Waals surface area (Å²) in [5.74, 6) is 0.0873. The number of halogens is 1. The minimum absolute atomic E-state index is 0.0683. The summed E-state index contributed by atoms with van der Waals surface area (Å²) in [7, 11) is 0. The molecule has 9 nitrogen and oxygen atoms in total. The molecule has 0 radical (unpaired) electrons. The molecule has 6 aromatic rings. The highest BCUT2D eigenvalue weighted by Crippen LogP contribution is 2.33. The van der Waals surface area contributed by atoms with Gasteiger partial charge in [-0.05, 0) is 23.6 Å². The maximum atomic E-state index is 14.5. The fraction of sp³-hybridized carbons (Fsp3) is 0.172. The maximum Gasteiger partial charge on any atom is 0.224 e. The molecule has 5 heterocycles. The van der Waals surface area contributed by atoms with Gasteiger partial charge in [0.25, 0.3) is 0 Å². The second-order valence-electron chi connectivity index (χ2n) is 10.6. The van der Waals surface area contributed by atoms with Crippen LogP contribution in [0, 0.1) is 11.2 Å². The van der Waals surface area contributed by atoms with Crippen LogP contribution in [0.5, 0.6) is 0 Å². The molecule has 0 saturated heterocycles. The van der Waals surface area contributed by atoms with Gasteiger partial charge in [-0.15, -0.1) is 0 Å². The molecule has 1 amide bonds. The Morgan fingerprint density at radius 2 is 1.77 bits per heavy atom. The Hall–Kier alpha value is -4.99. The first-order valence-electron chi connectivity index (χ1n) is 12.4. The van der Waals surface area contributed by atoms with Gasteiger partial charge >= 0.3 is 0 Å². The van der Waals surface area contributed by atoms with Crippen molar-refractivity contribution in [2.45, 2.75) is 27.2 Å². The molecule has 0 saturated carbocycles. The largest absolute Gasteiger partial charge is 0.335 e. The van der Waals surface area contributed by atoms with Crippen LogP contribution in [0.3, 0.4) is 0 Å². The molecule has 6 rings (SSSR count). The van der Waals surface area contributed by atoms with Crippen LogP contribution in [0.25, 0.3) is 55.8 Å². The van der Waals surface area contributed by atoms with Gasteiger partial charge in [-0.2, -0.15) is 5.10 Å². The number of fused-ring (bicyclic) bond motifs is 2. The first kappa shape index (κ1) is 24.4. The summed E-state index contributed by atoms with van der Waals surface area (Å²) in [6.07, 6.45) is 8.72. The average Bonchev–Trinajstić information content (AvgIpc) is 3.51. The van der Waals surface area contributed by atoms with E-state index in [1.165, 1.54) is 6.07 Å². The average molecular weight is 521 g/mol. The van der Waals surface area contributed by atoms with Crippen molar-refractivity contribution in [3.8, 4) is 33.8 Å². The lowest BCUT2D eigenvalue weighted by Crippen LogP contribution is -2.19. The number of carbonyl (C=O) groups excluding carboxylic acids is 1. The summed E-state index contributed by atoms with van der Waals surface area (Å²) in [5.41, 5.74) is 5.50. The number of pyridine rings is 3. The first-order chi connectivity index (χ1) is 18.7. The highest BCUT2D eigenvalue weighted by molar-refractivity contribution is 5.97. The second kappa shape index (κ2) is 9.39. The zero-order valence-electron chi connectivity index (χ0n) is 21.6. The van der Waals surface area contributed by atoms with Crippen molar-refractivity contribution in [3.63, 3.8) is 0 Å². The van der Waals surface area contributed by atoms with Crippen molar-refractivity contribution in [2.24, 2.45) is 5.41 Å². The third-order valence-corrected chi connectivity index (χ3v) is 6.25. The molecule has 1 aromatic carbocycles. The highest BCUT2D eigenvalue weighted by Gasteiger charge is 2.19. The van der Waals surface area contributed by atoms with E-state index in [0.29, 0.717) is 51.4 Å². The van der Waals surface area contributed by atoms with Crippen LogP contribution in [-0.2, 0) is 4.79 Å². The quantitative estimate of drug-likeness (QED) is 0.251. The number of carbonyl (C=O) groups is 1. The number of amides is 1. The van der Waals surface area contributed by atoms with Crippen LogP contribution >= 0.6 is 0 Å². The Kier molecular flexibility index (Phi) is 5.86. The Morgan fingerprint density at radius 1 is 0.974 bits per heavy atom. The van der Waals surface area contributed by atoms with Crippen LogP contribution in [0.1, 0.15) is 27.2 Å². The summed E-state index contributed by atoms with van der Waals surface area (Å²) in [4.78, 5) is 33.6. The van der Waals surface area contributed by atoms with Crippen molar-refractivity contribution >= 4 is 33.7 Å². The van der Waals surface area contributed by atoms with E-state index >= 15 is 0 Å². The molecule has 0 fully saturated rings. The Balaban J connectivity index is 1.37. The van der Waals surface area contributed by atoms with Crippen LogP contribution < -0.4 is 5.32 Å². The number of aromatic amines is 2. The van der Waals surface area contributed by atoms with Gasteiger partial charge in [0.2, 0.25) is 5.91 Å². The standard InChI is InChI=1S/C29H25FN8O/c1-29(2,3)10-24(39)34-18-8-16(11-31-13-18)17-9-20-26(37-38-27(20)33-12-17)28-35-23-15-32-14-21(25(23)36-28)19-6-4-5-7-22(19)30/h4-9,11-15H,10H2,1-3H3,(H,34,39)(H,35,36)(H,33,37,38). The number of nitrogens with one attached hydrogen (secondary N) is 3. The second-order valence-corrected chi connectivity index (χ2v) is 10.6. The molecule has 194 valence electrons. The lowest BCUT2D eigenvalue weighted by Gasteiger charge is -2.17. The zero-order valence-corrected chi connectivity index (χ0v) is 21.6. The van der Waals surface area contributed by atoms with E-state index in [0.717, 1.165) is 16.5 Å². The molecule has 5 aromatic heterocycles. The highest BCUT2D eigenvalue weighted by atomic mass is 19.1. The van der Waals surface area contributed by atoms with Gasteiger partial charge in [-0.25, -0.2) is 14.4 Å². The summed E-state index contributed by atoms with van der Waals surface area (Å²) in [6, 6.07) is 10.3. The molecule has 0 bridgehead atoms. The van der Waals surface area contributed by atoms with Crippen LogP contribution in [0.2, 0.25) is 0 Å². The molecule has 0 aliphatic heterocycles. The van der Waals surface area contributed by atoms with Crippen molar-refractivity contribution < 1.29 is 9.18 Å². The molecule has 0 atom stereocenters. The van der Waals surface area contributed by atoms with E-state index in [1.807, 2.05) is 32.9 Å². The molecule has 0 aliphatic rings. The van der Waals surface area contributed by atoms with Crippen molar-refractivity contribution in [2.75, 3.05) is 5.32 Å². The van der Waals surface area contributed by atoms with Crippen molar-refractivity contribution in [1.82, 2.24) is 35.1 Å². The van der Waals surface area contributed by atoms with E-state index < -0.39 is 0 Å². The van der Waals surface area contributed by atoms with Gasteiger partial charge in [-0.1, -0.05) is 39.0 Å². The third kappa shape index (κ3) is 4.84. The van der Waals surface area contributed by atoms with Gasteiger partial charge in [-0.3, -0.25) is 19.9 Å². The Bertz CT molecular complexity index is 1850. The number of imidazole rings is 1. The fourth-order valence-electron chi connectivity index (χ4n) is 4.52. The molecule has 0 spiro atoms. The van der Waals surface area contributed by atoms with Gasteiger partial charge in [0.1, 0.15) is 17.0 Å². The zero-order chi connectivity index (χ0) is 27.1. The Labute approximate surface area is 223 Å². The van der Waals surface area contributed by atoms with Crippen LogP contribution in [-0.4, -0.2) is 41.0 Å². The van der Waals surface area contributed by atoms with E-state index in [2.05, 4.69) is 35.5 Å². The smallest absolute Gasteiger partial charge is 0.224 e. The van der Waals surface area contributed by atoms with Crippen molar-refractivity contribution in [3.05, 3.63) is 73.2 Å². The number of anilines is 1. The third-order valence-electron chi connectivity index (χ3n) is 6.25. The number of rotatable bonds is 5. The topological polar surface area (TPSA) is 125 Å². The molecular weight excluding hydrogens is 495 g/mol. The molecular formula is C29H25FN8O. The van der Waals surface area contributed by atoms with E-state index in [9.17, 15) is 9.18 Å². The van der Waals surface area contributed by atoms with E-state index in [1.54, 1.807) is 49.2 Å². The van der Waals surface area contributed by atoms with Crippen LogP contribution in [0.15, 0.2) is 67.4 Å². The predicted octanol–water partition coefficient (Wildman–Crippen LogP) is 6.14. The molecule has 10 heteroatoms. The molecule has 39 heavy (non-hydrogen) atoms. The van der Waals surface area contributed by atoms with Crippen LogP contribution in [0.4, 0.5) is 10.1 Å². The SMILES string of the molecule is CC(C)(C)CC(=O)Nc1cncc(-c2cnc3[nH]nc(-c4nc5c(-c6ccccc6F)cncc5[nH]4)c3c2)c1. The summed E-state index contributed by atoms with van der Waals surface area (Å²) in [5, 5.41) is 11.1. The monoisotopic (exact) mass is 520 g/mol. The predicted molar refractivity (Wildman–Crippen MR) is 148 cm³/mol. The first-order valence-corrected chi connectivity index (χ1v) is 12.4. The number of hydrogen-bond donors (Lipinski definition) is 3. The minimum Gasteiger partial charge on any atom is -0.335 e. The number of H-pyrrole nitrogens is 2. The fourth-order valence-corrected chi connectivity index (χ4v) is 4.52. The van der Waals surface area contributed by atoms with Gasteiger partial charge < -0.3 is 10.3 Å². The summed E-state index contributed by atoms with van der Waals surface area (Å²) in [6.45, 7) is 6.05. The normalized spacial score (nSPS) is 11.8. The minimum atomic E-state index is -0.346. The molecule has 0 unspecified atom stereocenters. The number of hydrogen-bond acceptors (Lipinski definition) is 6. The Morgan fingerprint density at radius 3 is 2.59 bits per heavy atom. The number of benzene rings is 1. The summed E-state index contributed by atoms with van der Waals surface area (Å²) >= 11 is 0. The number of nitrogens with zero attached hydrogens (tertiary/aromatic N) is 5. The van der Waals surface area contributed by atoms with Crippen molar-refractivity contribution in [1.29, 1.82) is 0 Å². The summed E-state index contributed by atoms with van der Waals surface area (Å²) < 4.78 is 14.5. The van der Waals surface area contributed by atoms with Gasteiger partial charge in [0, 0.05) is 47.3 Å². The van der Waals surface area contributed by atoms with Gasteiger partial charge in [0.15, 0.2) is 11.5 Å². The lowest BCUT2D eigenvalue weighted by molar-refractivity contribution is -0.117. The number of aromatic nitrogens is 7. The molecule has 3 N–H and O–H groups in total. The van der Waals surface area contributed by atoms with E-state index in [-0.39, 0.29) is 17.1 Å². The van der Waals surface area contributed by atoms with E-state index in [4.69, 9.17) is 4.98 Å². The maximum absolute atomic E-state index is 14.5.